The van der Waals surface area contributed by atoms with Crippen LogP contribution in [0.15, 0.2) is 86.0 Å². The molecule has 3 atom stereocenters. The molecule has 1 spiro atoms. The van der Waals surface area contributed by atoms with Crippen molar-refractivity contribution >= 4 is 82.6 Å². The van der Waals surface area contributed by atoms with Crippen molar-refractivity contribution in [3.63, 3.8) is 0 Å². The van der Waals surface area contributed by atoms with Gasteiger partial charge < -0.3 is 14.6 Å². The molecule has 0 aromatic heterocycles. The first-order valence-corrected chi connectivity index (χ1v) is 15.3. The first-order chi connectivity index (χ1) is 19.6. The number of aliphatic hydroxyl groups is 1. The second-order valence-electron chi connectivity index (χ2n) is 10.8. The second kappa shape index (κ2) is 9.27. The largest absolute Gasteiger partial charge is 0.478 e. The highest BCUT2D eigenvalue weighted by molar-refractivity contribution is 9.10. The van der Waals surface area contributed by atoms with Gasteiger partial charge in [0.2, 0.25) is 5.78 Å². The van der Waals surface area contributed by atoms with E-state index in [1.54, 1.807) is 13.8 Å². The van der Waals surface area contributed by atoms with Crippen LogP contribution in [-0.4, -0.2) is 27.9 Å². The van der Waals surface area contributed by atoms with Crippen LogP contribution in [0.4, 0.5) is 0 Å². The topological polar surface area (TPSA) is 72.8 Å². The molecule has 206 valence electrons. The lowest BCUT2D eigenvalue weighted by atomic mass is 9.61. The first-order valence-electron chi connectivity index (χ1n) is 13.3. The molecule has 1 aliphatic carbocycles. The van der Waals surface area contributed by atoms with Crippen molar-refractivity contribution in [1.82, 2.24) is 0 Å². The summed E-state index contributed by atoms with van der Waals surface area (Å²) in [6, 6.07) is 19.5. The molecule has 0 saturated carbocycles. The van der Waals surface area contributed by atoms with Crippen molar-refractivity contribution in [3.05, 3.63) is 97.1 Å². The number of hydrogen-bond acceptors (Lipinski definition) is 5. The maximum absolute atomic E-state index is 14.2. The van der Waals surface area contributed by atoms with Gasteiger partial charge in [-0.15, -0.1) is 0 Å². The van der Waals surface area contributed by atoms with Gasteiger partial charge >= 0.3 is 0 Å². The van der Waals surface area contributed by atoms with Gasteiger partial charge in [0.05, 0.1) is 5.92 Å². The monoisotopic (exact) mass is 692 g/mol. The Bertz CT molecular complexity index is 1930. The summed E-state index contributed by atoms with van der Waals surface area (Å²) in [5.41, 5.74) is -1.91. The number of Topliss-reactive ketones (excluding diaryl/α,β-unsaturated/α-hetero) is 2. The number of ether oxygens (including phenoxy) is 2. The molecule has 0 saturated heterocycles. The number of hydrogen-bond donors (Lipinski definition) is 1. The average molecular weight is 695 g/mol. The van der Waals surface area contributed by atoms with Gasteiger partial charge in [-0.05, 0) is 64.0 Å². The number of carbonyl (C=O) groups excluding carboxylic acids is 2. The minimum atomic E-state index is -2.29. The fourth-order valence-electron chi connectivity index (χ4n) is 6.58. The van der Waals surface area contributed by atoms with Crippen LogP contribution in [0.3, 0.4) is 0 Å². The van der Waals surface area contributed by atoms with E-state index in [0.29, 0.717) is 17.1 Å². The highest BCUT2D eigenvalue weighted by atomic mass is 79.9. The molecule has 0 bridgehead atoms. The van der Waals surface area contributed by atoms with Crippen LogP contribution in [0.1, 0.15) is 31.4 Å². The normalized spacial score (nSPS) is 23.6. The van der Waals surface area contributed by atoms with E-state index in [0.717, 1.165) is 41.6 Å². The molecule has 0 unspecified atom stereocenters. The van der Waals surface area contributed by atoms with Gasteiger partial charge in [-0.3, -0.25) is 9.59 Å². The molecule has 3 aliphatic rings. The molecule has 0 radical (unpaired) electrons. The highest BCUT2D eigenvalue weighted by Crippen LogP contribution is 2.58. The summed E-state index contributed by atoms with van der Waals surface area (Å²) in [5.74, 6) is -0.943. The highest BCUT2D eigenvalue weighted by Gasteiger charge is 2.70. The van der Waals surface area contributed by atoms with Crippen molar-refractivity contribution in [2.45, 2.75) is 37.9 Å². The van der Waals surface area contributed by atoms with Crippen LogP contribution in [0.2, 0.25) is 0 Å². The third-order valence-electron chi connectivity index (χ3n) is 8.74. The van der Waals surface area contributed by atoms with Gasteiger partial charge in [0, 0.05) is 38.5 Å². The maximum Gasteiger partial charge on any atom is 0.214 e. The molecule has 41 heavy (non-hydrogen) atoms. The third kappa shape index (κ3) is 3.62. The SMILES string of the molecule is CCC(=O)[C@@H](C)[C@]1(O)C(=O)C(Cl)=C2Oc3ccc4cc(Br)ccc4c3C=C2[C@@]12Cc1c(ccc3cc(Br)ccc13)O2. The van der Waals surface area contributed by atoms with E-state index in [-0.39, 0.29) is 29.4 Å². The first kappa shape index (κ1) is 26.9. The fraction of sp³-hybridized carbons (Fsp3) is 0.212. The van der Waals surface area contributed by atoms with Crippen LogP contribution in [0.5, 0.6) is 11.5 Å². The summed E-state index contributed by atoms with van der Waals surface area (Å²) < 4.78 is 15.0. The second-order valence-corrected chi connectivity index (χ2v) is 13.0. The summed E-state index contributed by atoms with van der Waals surface area (Å²) in [6.45, 7) is 3.29. The predicted molar refractivity (Wildman–Crippen MR) is 166 cm³/mol. The minimum Gasteiger partial charge on any atom is -0.478 e. The number of fused-ring (bicyclic) bond motifs is 8. The standard InChI is InChI=1S/C33H23Br2ClO5/c1-3-26(37)16(2)33(39)31(38)29(36)30-25(14-23-21-8-6-19(34)12-17(21)4-10-27(23)40-30)32(33)15-24-22-9-7-20(35)13-18(22)5-11-28(24)41-32/h4-14,16,39H,3,15H2,1-2H3/t16-,32+,33+/m1/s1. The molecule has 2 aliphatic heterocycles. The Morgan fingerprint density at radius 1 is 1.00 bits per heavy atom. The Kier molecular flexibility index (Phi) is 6.08. The molecule has 4 aromatic carbocycles. The van der Waals surface area contributed by atoms with Crippen LogP contribution < -0.4 is 9.47 Å². The Hall–Kier alpha value is -2.97. The molecule has 1 N–H and O–H groups in total. The Morgan fingerprint density at radius 2 is 1.63 bits per heavy atom. The number of rotatable bonds is 3. The minimum absolute atomic E-state index is 0.138. The summed E-state index contributed by atoms with van der Waals surface area (Å²) in [5, 5.41) is 16.2. The summed E-state index contributed by atoms with van der Waals surface area (Å²) >= 11 is 13.8. The van der Waals surface area contributed by atoms with Crippen LogP contribution in [0, 0.1) is 5.92 Å². The van der Waals surface area contributed by atoms with Gasteiger partial charge in [0.25, 0.3) is 0 Å². The third-order valence-corrected chi connectivity index (χ3v) is 10.1. The zero-order valence-electron chi connectivity index (χ0n) is 22.1. The van der Waals surface area contributed by atoms with Crippen LogP contribution >= 0.6 is 43.5 Å². The van der Waals surface area contributed by atoms with Crippen molar-refractivity contribution in [2.75, 3.05) is 0 Å². The van der Waals surface area contributed by atoms with Gasteiger partial charge in [-0.1, -0.05) is 81.6 Å². The van der Waals surface area contributed by atoms with E-state index in [9.17, 15) is 14.7 Å². The smallest absolute Gasteiger partial charge is 0.214 e. The van der Waals surface area contributed by atoms with E-state index < -0.39 is 22.9 Å². The van der Waals surface area contributed by atoms with Gasteiger partial charge in [0.15, 0.2) is 17.0 Å². The molecule has 5 nitrogen and oxygen atoms in total. The van der Waals surface area contributed by atoms with Gasteiger partial charge in [0.1, 0.15) is 22.3 Å². The lowest BCUT2D eigenvalue weighted by molar-refractivity contribution is -0.172. The quantitative estimate of drug-likeness (QED) is 0.235. The van der Waals surface area contributed by atoms with Crippen molar-refractivity contribution in [1.29, 1.82) is 0 Å². The van der Waals surface area contributed by atoms with E-state index in [1.807, 2.05) is 66.7 Å². The van der Waals surface area contributed by atoms with Crippen molar-refractivity contribution < 1.29 is 24.2 Å². The molecule has 4 aromatic rings. The summed E-state index contributed by atoms with van der Waals surface area (Å²) in [7, 11) is 0. The Balaban J connectivity index is 1.54. The number of ketones is 2. The fourth-order valence-corrected chi connectivity index (χ4v) is 7.63. The van der Waals surface area contributed by atoms with E-state index in [1.165, 1.54) is 0 Å². The summed E-state index contributed by atoms with van der Waals surface area (Å²) in [6.07, 6.45) is 2.18. The number of carbonyl (C=O) groups is 2. The number of halogens is 3. The van der Waals surface area contributed by atoms with Gasteiger partial charge in [-0.2, -0.15) is 0 Å². The van der Waals surface area contributed by atoms with E-state index >= 15 is 0 Å². The lowest BCUT2D eigenvalue weighted by Gasteiger charge is -2.50. The molecule has 8 heteroatoms. The Morgan fingerprint density at radius 3 is 2.32 bits per heavy atom. The van der Waals surface area contributed by atoms with E-state index in [2.05, 4.69) is 31.9 Å². The number of benzene rings is 4. The zero-order valence-corrected chi connectivity index (χ0v) is 26.0. The van der Waals surface area contributed by atoms with Crippen molar-refractivity contribution in [3.8, 4) is 11.5 Å². The lowest BCUT2D eigenvalue weighted by Crippen LogP contribution is -2.70. The van der Waals surface area contributed by atoms with Gasteiger partial charge in [-0.25, -0.2) is 0 Å². The molecular formula is C33H23Br2ClO5. The average Bonchev–Trinajstić information content (AvgIpc) is 3.38. The Labute approximate surface area is 258 Å². The van der Waals surface area contributed by atoms with E-state index in [4.69, 9.17) is 21.1 Å². The molecular weight excluding hydrogens is 672 g/mol. The summed E-state index contributed by atoms with van der Waals surface area (Å²) in [4.78, 5) is 27.4. The molecule has 0 amide bonds. The maximum atomic E-state index is 14.2. The van der Waals surface area contributed by atoms with Crippen LogP contribution in [0.25, 0.3) is 27.6 Å². The zero-order chi connectivity index (χ0) is 28.8. The molecule has 0 fully saturated rings. The van der Waals surface area contributed by atoms with Crippen LogP contribution in [-0.2, 0) is 16.0 Å². The molecule has 2 heterocycles. The predicted octanol–water partition coefficient (Wildman–Crippen LogP) is 8.05. The van der Waals surface area contributed by atoms with Crippen molar-refractivity contribution in [2.24, 2.45) is 5.92 Å². The molecule has 7 rings (SSSR count).